The predicted molar refractivity (Wildman–Crippen MR) is 92.7 cm³/mol. The molecule has 1 aromatic rings. The van der Waals surface area contributed by atoms with Gasteiger partial charge in [-0.1, -0.05) is 23.7 Å². The van der Waals surface area contributed by atoms with Crippen LogP contribution in [0, 0.1) is 0 Å². The number of hydrogen-bond acceptors (Lipinski definition) is 4. The van der Waals surface area contributed by atoms with Crippen LogP contribution in [0.2, 0.25) is 5.02 Å². The first-order valence-corrected chi connectivity index (χ1v) is 9.33. The van der Waals surface area contributed by atoms with E-state index in [2.05, 4.69) is 0 Å². The summed E-state index contributed by atoms with van der Waals surface area (Å²) in [6.45, 7) is 1.39. The first kappa shape index (κ1) is 17.4. The smallest absolute Gasteiger partial charge is 0.239 e. The molecule has 0 spiro atoms. The number of para-hydroxylation sites is 1. The number of piperidine rings is 1. The van der Waals surface area contributed by atoms with Crippen molar-refractivity contribution in [3.8, 4) is 5.75 Å². The van der Waals surface area contributed by atoms with Crippen LogP contribution in [0.1, 0.15) is 19.3 Å². The van der Waals surface area contributed by atoms with Gasteiger partial charge in [0.1, 0.15) is 11.9 Å². The molecule has 1 aliphatic heterocycles. The molecule has 122 valence electrons. The number of thioether (sulfide) groups is 1. The quantitative estimate of drug-likeness (QED) is 0.863. The van der Waals surface area contributed by atoms with Gasteiger partial charge in [-0.2, -0.15) is 11.8 Å². The highest BCUT2D eigenvalue weighted by molar-refractivity contribution is 7.98. The number of halogens is 1. The summed E-state index contributed by atoms with van der Waals surface area (Å²) in [6, 6.07) is 7.10. The van der Waals surface area contributed by atoms with Gasteiger partial charge in [-0.3, -0.25) is 4.79 Å². The SMILES string of the molecule is CSCC[C@H](N)C(=O)N1CCC(Oc2ccccc2Cl)CC1. The number of amides is 1. The summed E-state index contributed by atoms with van der Waals surface area (Å²) in [7, 11) is 0. The summed E-state index contributed by atoms with van der Waals surface area (Å²) in [4.78, 5) is 14.1. The van der Waals surface area contributed by atoms with Crippen LogP contribution in [0.25, 0.3) is 0 Å². The van der Waals surface area contributed by atoms with Gasteiger partial charge in [-0.15, -0.1) is 0 Å². The third-order valence-corrected chi connectivity index (χ3v) is 4.79. The van der Waals surface area contributed by atoms with E-state index >= 15 is 0 Å². The fourth-order valence-corrected chi connectivity index (χ4v) is 3.19. The Balaban J connectivity index is 1.80. The van der Waals surface area contributed by atoms with Gasteiger partial charge in [0.15, 0.2) is 0 Å². The molecule has 2 N–H and O–H groups in total. The molecular weight excluding hydrogens is 320 g/mol. The van der Waals surface area contributed by atoms with Crippen molar-refractivity contribution in [2.45, 2.75) is 31.4 Å². The van der Waals surface area contributed by atoms with Crippen LogP contribution in [0.3, 0.4) is 0 Å². The zero-order valence-electron chi connectivity index (χ0n) is 12.8. The van der Waals surface area contributed by atoms with Crippen LogP contribution in [-0.4, -0.2) is 48.1 Å². The van der Waals surface area contributed by atoms with E-state index in [-0.39, 0.29) is 18.1 Å². The molecule has 22 heavy (non-hydrogen) atoms. The predicted octanol–water partition coefficient (Wildman–Crippen LogP) is 2.79. The number of rotatable bonds is 6. The van der Waals surface area contributed by atoms with Crippen molar-refractivity contribution in [2.24, 2.45) is 5.73 Å². The Bertz CT molecular complexity index is 493. The first-order chi connectivity index (χ1) is 10.6. The normalized spacial score (nSPS) is 17.3. The molecule has 1 atom stereocenters. The van der Waals surface area contributed by atoms with Crippen LogP contribution >= 0.6 is 23.4 Å². The van der Waals surface area contributed by atoms with Gasteiger partial charge in [-0.05, 0) is 30.6 Å². The molecule has 1 heterocycles. The van der Waals surface area contributed by atoms with Crippen molar-refractivity contribution in [1.29, 1.82) is 0 Å². The Morgan fingerprint density at radius 3 is 2.77 bits per heavy atom. The Hall–Kier alpha value is -0.910. The second-order valence-corrected chi connectivity index (χ2v) is 6.85. The largest absolute Gasteiger partial charge is 0.489 e. The third-order valence-electron chi connectivity index (χ3n) is 3.83. The Labute approximate surface area is 141 Å². The van der Waals surface area contributed by atoms with Crippen molar-refractivity contribution in [3.05, 3.63) is 29.3 Å². The number of hydrogen-bond donors (Lipinski definition) is 1. The minimum absolute atomic E-state index is 0.0604. The van der Waals surface area contributed by atoms with Gasteiger partial charge in [0.2, 0.25) is 5.91 Å². The highest BCUT2D eigenvalue weighted by Gasteiger charge is 2.27. The van der Waals surface area contributed by atoms with E-state index in [1.807, 2.05) is 35.4 Å². The summed E-state index contributed by atoms with van der Waals surface area (Å²) < 4.78 is 5.94. The van der Waals surface area contributed by atoms with Crippen molar-refractivity contribution >= 4 is 29.3 Å². The molecule has 1 fully saturated rings. The van der Waals surface area contributed by atoms with E-state index in [4.69, 9.17) is 22.1 Å². The molecule has 0 radical (unpaired) electrons. The Morgan fingerprint density at radius 2 is 2.14 bits per heavy atom. The highest BCUT2D eigenvalue weighted by atomic mass is 35.5. The maximum Gasteiger partial charge on any atom is 0.239 e. The summed E-state index contributed by atoms with van der Waals surface area (Å²) in [5, 5.41) is 0.625. The van der Waals surface area contributed by atoms with E-state index in [1.54, 1.807) is 11.8 Å². The molecular formula is C16H23ClN2O2S. The Kier molecular flexibility index (Phi) is 6.86. The van der Waals surface area contributed by atoms with Gasteiger partial charge in [0.05, 0.1) is 11.1 Å². The lowest BCUT2D eigenvalue weighted by molar-refractivity contribution is -0.134. The molecule has 6 heteroatoms. The summed E-state index contributed by atoms with van der Waals surface area (Å²) in [5.41, 5.74) is 5.96. The van der Waals surface area contributed by atoms with Crippen LogP contribution in [-0.2, 0) is 4.79 Å². The summed E-state index contributed by atoms with van der Waals surface area (Å²) >= 11 is 7.82. The lowest BCUT2D eigenvalue weighted by Gasteiger charge is -2.33. The number of nitrogens with two attached hydrogens (primary N) is 1. The van der Waals surface area contributed by atoms with Crippen molar-refractivity contribution < 1.29 is 9.53 Å². The van der Waals surface area contributed by atoms with E-state index in [9.17, 15) is 4.79 Å². The van der Waals surface area contributed by atoms with Gasteiger partial charge in [0, 0.05) is 25.9 Å². The molecule has 1 aromatic carbocycles. The average Bonchev–Trinajstić information content (AvgIpc) is 2.55. The maximum atomic E-state index is 12.3. The molecule has 4 nitrogen and oxygen atoms in total. The molecule has 1 saturated heterocycles. The zero-order valence-corrected chi connectivity index (χ0v) is 14.4. The second kappa shape index (κ2) is 8.65. The van der Waals surface area contributed by atoms with E-state index in [0.717, 1.165) is 25.0 Å². The highest BCUT2D eigenvalue weighted by Crippen LogP contribution is 2.26. The topological polar surface area (TPSA) is 55.6 Å². The minimum atomic E-state index is -0.381. The van der Waals surface area contributed by atoms with Crippen LogP contribution < -0.4 is 10.5 Å². The number of carbonyl (C=O) groups is 1. The number of benzene rings is 1. The third kappa shape index (κ3) is 4.80. The zero-order chi connectivity index (χ0) is 15.9. The molecule has 0 aliphatic carbocycles. The van der Waals surface area contributed by atoms with Gasteiger partial charge in [0.25, 0.3) is 0 Å². The number of likely N-dealkylation sites (tertiary alicyclic amines) is 1. The summed E-state index contributed by atoms with van der Waals surface area (Å²) in [5.74, 6) is 1.69. The van der Waals surface area contributed by atoms with Crippen molar-refractivity contribution in [3.63, 3.8) is 0 Å². The minimum Gasteiger partial charge on any atom is -0.489 e. The average molecular weight is 343 g/mol. The molecule has 1 amide bonds. The maximum absolute atomic E-state index is 12.3. The van der Waals surface area contributed by atoms with Crippen LogP contribution in [0.15, 0.2) is 24.3 Å². The molecule has 0 saturated carbocycles. The summed E-state index contributed by atoms with van der Waals surface area (Å²) in [6.07, 6.45) is 4.48. The van der Waals surface area contributed by atoms with Gasteiger partial charge >= 0.3 is 0 Å². The standard InChI is InChI=1S/C16H23ClN2O2S/c1-22-11-8-14(18)16(20)19-9-6-12(7-10-19)21-15-5-3-2-4-13(15)17/h2-5,12,14H,6-11,18H2,1H3/t14-/m0/s1. The molecule has 1 aliphatic rings. The molecule has 0 bridgehead atoms. The second-order valence-electron chi connectivity index (χ2n) is 5.46. The number of ether oxygens (including phenoxy) is 1. The molecule has 0 aromatic heterocycles. The van der Waals surface area contributed by atoms with Gasteiger partial charge in [-0.25, -0.2) is 0 Å². The lowest BCUT2D eigenvalue weighted by Crippen LogP contribution is -2.48. The molecule has 0 unspecified atom stereocenters. The van der Waals surface area contributed by atoms with E-state index in [0.29, 0.717) is 23.9 Å². The van der Waals surface area contributed by atoms with Crippen LogP contribution in [0.5, 0.6) is 5.75 Å². The van der Waals surface area contributed by atoms with Gasteiger partial charge < -0.3 is 15.4 Å². The fraction of sp³-hybridized carbons (Fsp3) is 0.562. The molecule has 2 rings (SSSR count). The monoisotopic (exact) mass is 342 g/mol. The Morgan fingerprint density at radius 1 is 1.45 bits per heavy atom. The lowest BCUT2D eigenvalue weighted by atomic mass is 10.1. The van der Waals surface area contributed by atoms with E-state index < -0.39 is 0 Å². The van der Waals surface area contributed by atoms with Crippen molar-refractivity contribution in [1.82, 2.24) is 4.90 Å². The van der Waals surface area contributed by atoms with E-state index in [1.165, 1.54) is 0 Å². The number of nitrogens with zero attached hydrogens (tertiary/aromatic N) is 1. The first-order valence-electron chi connectivity index (χ1n) is 7.56. The van der Waals surface area contributed by atoms with Crippen LogP contribution in [0.4, 0.5) is 0 Å². The number of carbonyl (C=O) groups excluding carboxylic acids is 1. The van der Waals surface area contributed by atoms with Crippen molar-refractivity contribution in [2.75, 3.05) is 25.1 Å². The fourth-order valence-electron chi connectivity index (χ4n) is 2.52.